The number of carboxylic acid groups (broad SMARTS) is 1. The lowest BCUT2D eigenvalue weighted by atomic mass is 10.1. The largest absolute Gasteiger partial charge is 0.481 e. The fourth-order valence-corrected chi connectivity index (χ4v) is 2.73. The van der Waals surface area contributed by atoms with Gasteiger partial charge in [-0.05, 0) is 49.1 Å². The second-order valence-electron chi connectivity index (χ2n) is 6.60. The summed E-state index contributed by atoms with van der Waals surface area (Å²) in [5.41, 5.74) is 0. The van der Waals surface area contributed by atoms with Crippen LogP contribution in [-0.4, -0.2) is 16.3 Å². The Labute approximate surface area is 164 Å². The molecule has 0 aliphatic heterocycles. The number of unbranched alkanes of at least 4 members (excludes halogenated alkanes) is 12. The van der Waals surface area contributed by atoms with Crippen molar-refractivity contribution in [2.45, 2.75) is 103 Å². The molecular formula is C22H33ClO3. The molecule has 0 fully saturated rings. The molecule has 0 heterocycles. The number of hydrogen-bond acceptors (Lipinski definition) is 2. The summed E-state index contributed by atoms with van der Waals surface area (Å²) >= 11 is 5.29. The highest BCUT2D eigenvalue weighted by molar-refractivity contribution is 6.63. The van der Waals surface area contributed by atoms with Gasteiger partial charge in [-0.1, -0.05) is 63.2 Å². The lowest BCUT2D eigenvalue weighted by Crippen LogP contribution is -1.93. The Morgan fingerprint density at radius 1 is 0.615 bits per heavy atom. The van der Waals surface area contributed by atoms with E-state index in [1.165, 1.54) is 12.8 Å². The van der Waals surface area contributed by atoms with Crippen LogP contribution in [0.3, 0.4) is 0 Å². The van der Waals surface area contributed by atoms with Crippen LogP contribution in [0.25, 0.3) is 0 Å². The Morgan fingerprint density at radius 3 is 1.42 bits per heavy atom. The summed E-state index contributed by atoms with van der Waals surface area (Å²) in [4.78, 5) is 20.9. The summed E-state index contributed by atoms with van der Waals surface area (Å²) in [6.45, 7) is 0. The summed E-state index contributed by atoms with van der Waals surface area (Å²) in [6.07, 6.45) is 15.6. The lowest BCUT2D eigenvalue weighted by molar-refractivity contribution is -0.137. The predicted molar refractivity (Wildman–Crippen MR) is 108 cm³/mol. The van der Waals surface area contributed by atoms with Crippen LogP contribution in [0.15, 0.2) is 0 Å². The number of carboxylic acids is 1. The van der Waals surface area contributed by atoms with Crippen LogP contribution < -0.4 is 0 Å². The van der Waals surface area contributed by atoms with Crippen LogP contribution >= 0.6 is 11.6 Å². The molecule has 0 rings (SSSR count). The molecule has 146 valence electrons. The van der Waals surface area contributed by atoms with Gasteiger partial charge in [0.25, 0.3) is 0 Å². The highest BCUT2D eigenvalue weighted by Crippen LogP contribution is 2.09. The maximum absolute atomic E-state index is 10.6. The zero-order chi connectivity index (χ0) is 19.3. The molecule has 0 spiro atoms. The molecule has 0 aromatic rings. The van der Waals surface area contributed by atoms with Crippen molar-refractivity contribution in [1.82, 2.24) is 0 Å². The summed E-state index contributed by atoms with van der Waals surface area (Å²) in [5, 5.41) is 8.31. The summed E-state index contributed by atoms with van der Waals surface area (Å²) in [5.74, 6) is 11.3. The SMILES string of the molecule is O=C(O)CCCCCCCCC#CC#CCCCCCCCCC(=O)Cl. The van der Waals surface area contributed by atoms with Gasteiger partial charge in [-0.25, -0.2) is 0 Å². The molecule has 0 aliphatic rings. The fraction of sp³-hybridized carbons (Fsp3) is 0.727. The average molecular weight is 381 g/mol. The molecule has 26 heavy (non-hydrogen) atoms. The van der Waals surface area contributed by atoms with Crippen molar-refractivity contribution in [2.24, 2.45) is 0 Å². The molecule has 0 aliphatic carbocycles. The van der Waals surface area contributed by atoms with Gasteiger partial charge in [-0.2, -0.15) is 0 Å². The number of carbonyl (C=O) groups excluding carboxylic acids is 1. The summed E-state index contributed by atoms with van der Waals surface area (Å²) < 4.78 is 0. The molecule has 4 heteroatoms. The van der Waals surface area contributed by atoms with Gasteiger partial charge in [0.05, 0.1) is 0 Å². The zero-order valence-electron chi connectivity index (χ0n) is 16.0. The number of halogens is 1. The van der Waals surface area contributed by atoms with Crippen molar-refractivity contribution in [1.29, 1.82) is 0 Å². The standard InChI is InChI=1S/C22H33ClO3/c23-21(24)19-17-15-13-11-9-7-5-3-1-2-4-6-8-10-12-14-16-18-20-22(25)26/h5-20H2,(H,25,26). The highest BCUT2D eigenvalue weighted by atomic mass is 35.5. The van der Waals surface area contributed by atoms with Gasteiger partial charge in [0, 0.05) is 25.7 Å². The Hall–Kier alpha value is -1.45. The summed E-state index contributed by atoms with van der Waals surface area (Å²) in [7, 11) is 0. The normalized spacial score (nSPS) is 9.73. The van der Waals surface area contributed by atoms with Gasteiger partial charge in [-0.3, -0.25) is 9.59 Å². The number of carbonyl (C=O) groups is 2. The van der Waals surface area contributed by atoms with Gasteiger partial charge >= 0.3 is 5.97 Å². The lowest BCUT2D eigenvalue weighted by Gasteiger charge is -1.98. The monoisotopic (exact) mass is 380 g/mol. The second-order valence-corrected chi connectivity index (χ2v) is 7.02. The smallest absolute Gasteiger partial charge is 0.303 e. The minimum absolute atomic E-state index is 0.227. The van der Waals surface area contributed by atoms with Crippen LogP contribution in [-0.2, 0) is 9.59 Å². The van der Waals surface area contributed by atoms with E-state index >= 15 is 0 Å². The van der Waals surface area contributed by atoms with Crippen LogP contribution in [0.5, 0.6) is 0 Å². The highest BCUT2D eigenvalue weighted by Gasteiger charge is 1.96. The molecule has 0 aromatic heterocycles. The van der Waals surface area contributed by atoms with Gasteiger partial charge in [0.15, 0.2) is 0 Å². The van der Waals surface area contributed by atoms with Crippen LogP contribution in [0.2, 0.25) is 0 Å². The number of hydrogen-bond donors (Lipinski definition) is 1. The molecule has 0 saturated heterocycles. The van der Waals surface area contributed by atoms with E-state index < -0.39 is 5.97 Å². The molecule has 0 amide bonds. The van der Waals surface area contributed by atoms with E-state index in [0.29, 0.717) is 12.8 Å². The molecular weight excluding hydrogens is 348 g/mol. The Balaban J connectivity index is 3.29. The van der Waals surface area contributed by atoms with Crippen LogP contribution in [0.4, 0.5) is 0 Å². The second kappa shape index (κ2) is 19.9. The fourth-order valence-electron chi connectivity index (χ4n) is 2.59. The van der Waals surface area contributed by atoms with E-state index in [1.54, 1.807) is 0 Å². The molecule has 3 nitrogen and oxygen atoms in total. The van der Waals surface area contributed by atoms with Gasteiger partial charge in [0.2, 0.25) is 5.24 Å². The zero-order valence-corrected chi connectivity index (χ0v) is 16.7. The van der Waals surface area contributed by atoms with E-state index in [0.717, 1.165) is 77.0 Å². The number of aliphatic carboxylic acids is 1. The topological polar surface area (TPSA) is 54.4 Å². The minimum Gasteiger partial charge on any atom is -0.481 e. The molecule has 0 atom stereocenters. The predicted octanol–water partition coefficient (Wildman–Crippen LogP) is 6.08. The van der Waals surface area contributed by atoms with Gasteiger partial charge in [0.1, 0.15) is 0 Å². The number of rotatable bonds is 16. The average Bonchev–Trinajstić information content (AvgIpc) is 2.59. The maximum Gasteiger partial charge on any atom is 0.303 e. The first kappa shape index (κ1) is 24.6. The molecule has 0 unspecified atom stereocenters. The third-order valence-corrected chi connectivity index (χ3v) is 4.30. The summed E-state index contributed by atoms with van der Waals surface area (Å²) in [6, 6.07) is 0. The van der Waals surface area contributed by atoms with Crippen molar-refractivity contribution in [3.8, 4) is 23.7 Å². The first-order chi connectivity index (χ1) is 12.6. The van der Waals surface area contributed by atoms with Crippen LogP contribution in [0.1, 0.15) is 103 Å². The quantitative estimate of drug-likeness (QED) is 0.200. The van der Waals surface area contributed by atoms with Crippen molar-refractivity contribution in [2.75, 3.05) is 0 Å². The Kier molecular flexibility index (Phi) is 18.8. The molecule has 0 aromatic carbocycles. The molecule has 0 saturated carbocycles. The van der Waals surface area contributed by atoms with E-state index in [4.69, 9.17) is 16.7 Å². The van der Waals surface area contributed by atoms with Crippen molar-refractivity contribution in [3.63, 3.8) is 0 Å². The van der Waals surface area contributed by atoms with Gasteiger partial charge in [-0.15, -0.1) is 0 Å². The third-order valence-electron chi connectivity index (χ3n) is 4.11. The first-order valence-corrected chi connectivity index (χ1v) is 10.4. The van der Waals surface area contributed by atoms with Crippen molar-refractivity contribution >= 4 is 22.8 Å². The van der Waals surface area contributed by atoms with E-state index in [1.807, 2.05) is 0 Å². The van der Waals surface area contributed by atoms with Gasteiger partial charge < -0.3 is 5.11 Å². The molecule has 0 bridgehead atoms. The van der Waals surface area contributed by atoms with Crippen molar-refractivity contribution < 1.29 is 14.7 Å². The molecule has 0 radical (unpaired) electrons. The Bertz CT molecular complexity index is 445. The Morgan fingerprint density at radius 2 is 1.00 bits per heavy atom. The van der Waals surface area contributed by atoms with E-state index in [2.05, 4.69) is 23.7 Å². The third kappa shape index (κ3) is 22.6. The van der Waals surface area contributed by atoms with E-state index in [9.17, 15) is 9.59 Å². The minimum atomic E-state index is -0.696. The first-order valence-electron chi connectivity index (χ1n) is 9.99. The van der Waals surface area contributed by atoms with E-state index in [-0.39, 0.29) is 5.24 Å². The van der Waals surface area contributed by atoms with Crippen molar-refractivity contribution in [3.05, 3.63) is 0 Å². The maximum atomic E-state index is 10.6. The van der Waals surface area contributed by atoms with Crippen LogP contribution in [0, 0.1) is 23.7 Å². The molecule has 1 N–H and O–H groups in total.